The average molecular weight is 332 g/mol. The van der Waals surface area contributed by atoms with Crippen LogP contribution in [0.5, 0.6) is 0 Å². The Morgan fingerprint density at radius 1 is 1.45 bits per heavy atom. The third kappa shape index (κ3) is 4.38. The first-order valence-electron chi connectivity index (χ1n) is 6.95. The first-order chi connectivity index (χ1) is 10.0. The number of amides is 1. The van der Waals surface area contributed by atoms with E-state index in [1.807, 2.05) is 0 Å². The lowest BCUT2D eigenvalue weighted by molar-refractivity contribution is -0.385. The summed E-state index contributed by atoms with van der Waals surface area (Å²) < 4.78 is 13.4. The molecule has 122 valence electrons. The molecule has 1 atom stereocenters. The van der Waals surface area contributed by atoms with Gasteiger partial charge >= 0.3 is 0 Å². The van der Waals surface area contributed by atoms with Crippen LogP contribution in [0.2, 0.25) is 0 Å². The molecule has 8 heteroatoms. The van der Waals surface area contributed by atoms with Crippen molar-refractivity contribution in [3.8, 4) is 0 Å². The second-order valence-corrected chi connectivity index (χ2v) is 5.29. The van der Waals surface area contributed by atoms with E-state index < -0.39 is 16.4 Å². The Bertz CT molecular complexity index is 554. The van der Waals surface area contributed by atoms with Crippen molar-refractivity contribution in [2.45, 2.75) is 19.3 Å². The van der Waals surface area contributed by atoms with Gasteiger partial charge in [-0.2, -0.15) is 0 Å². The van der Waals surface area contributed by atoms with E-state index in [4.69, 9.17) is 5.73 Å². The molecule has 0 aliphatic carbocycles. The molecule has 1 aromatic carbocycles. The molecule has 1 heterocycles. The fourth-order valence-electron chi connectivity index (χ4n) is 2.71. The Kier molecular flexibility index (Phi) is 6.70. The van der Waals surface area contributed by atoms with E-state index in [1.54, 1.807) is 4.90 Å². The lowest BCUT2D eigenvalue weighted by Gasteiger charge is -2.32. The summed E-state index contributed by atoms with van der Waals surface area (Å²) in [7, 11) is 0. The van der Waals surface area contributed by atoms with Crippen molar-refractivity contribution < 1.29 is 14.1 Å². The van der Waals surface area contributed by atoms with Crippen LogP contribution in [0.1, 0.15) is 29.6 Å². The minimum atomic E-state index is -0.775. The third-order valence-electron chi connectivity index (χ3n) is 3.72. The highest BCUT2D eigenvalue weighted by molar-refractivity contribution is 5.95. The Morgan fingerprint density at radius 3 is 2.82 bits per heavy atom. The Hall–Kier alpha value is -1.73. The highest BCUT2D eigenvalue weighted by Crippen LogP contribution is 2.23. The molecule has 6 nitrogen and oxygen atoms in total. The van der Waals surface area contributed by atoms with Crippen LogP contribution < -0.4 is 5.73 Å². The molecular weight excluding hydrogens is 313 g/mol. The van der Waals surface area contributed by atoms with Crippen LogP contribution in [-0.2, 0) is 0 Å². The van der Waals surface area contributed by atoms with Gasteiger partial charge in [-0.05, 0) is 37.8 Å². The van der Waals surface area contributed by atoms with Gasteiger partial charge in [0.2, 0.25) is 0 Å². The van der Waals surface area contributed by atoms with Crippen LogP contribution in [0.25, 0.3) is 0 Å². The Balaban J connectivity index is 0.00000242. The molecule has 1 aromatic rings. The Labute approximate surface area is 134 Å². The molecule has 0 radical (unpaired) electrons. The molecule has 2 rings (SSSR count). The maximum Gasteiger partial charge on any atom is 0.273 e. The van der Waals surface area contributed by atoms with Crippen LogP contribution >= 0.6 is 12.4 Å². The van der Waals surface area contributed by atoms with Crippen LogP contribution in [0.3, 0.4) is 0 Å². The molecule has 1 fully saturated rings. The predicted octanol–water partition coefficient (Wildman–Crippen LogP) is 2.36. The number of nitro benzene ring substituents is 1. The number of carbonyl (C=O) groups excluding carboxylic acids is 1. The van der Waals surface area contributed by atoms with Crippen molar-refractivity contribution in [1.82, 2.24) is 4.90 Å². The summed E-state index contributed by atoms with van der Waals surface area (Å²) in [5.41, 5.74) is 5.15. The molecule has 0 bridgehead atoms. The zero-order chi connectivity index (χ0) is 15.4. The van der Waals surface area contributed by atoms with Gasteiger partial charge in [-0.3, -0.25) is 14.9 Å². The van der Waals surface area contributed by atoms with Crippen molar-refractivity contribution in [2.75, 3.05) is 19.6 Å². The summed E-state index contributed by atoms with van der Waals surface area (Å²) in [4.78, 5) is 24.0. The van der Waals surface area contributed by atoms with Gasteiger partial charge in [0.1, 0.15) is 5.82 Å². The van der Waals surface area contributed by atoms with Gasteiger partial charge in [0.25, 0.3) is 11.6 Å². The van der Waals surface area contributed by atoms with Gasteiger partial charge in [-0.15, -0.1) is 12.4 Å². The SMILES string of the molecule is Cl.NCCC1CCCN(C(=O)c2cc(F)cc([N+](=O)[O-])c2)C1. The fraction of sp³-hybridized carbons (Fsp3) is 0.500. The molecule has 1 aliphatic rings. The number of benzene rings is 1. The van der Waals surface area contributed by atoms with E-state index in [2.05, 4.69) is 0 Å². The smallest absolute Gasteiger partial charge is 0.273 e. The van der Waals surface area contributed by atoms with Crippen molar-refractivity contribution in [2.24, 2.45) is 11.7 Å². The quantitative estimate of drug-likeness (QED) is 0.677. The summed E-state index contributed by atoms with van der Waals surface area (Å²) in [6.45, 7) is 1.72. The zero-order valence-corrected chi connectivity index (χ0v) is 12.9. The number of non-ortho nitro benzene ring substituents is 1. The number of hydrogen-bond donors (Lipinski definition) is 1. The first-order valence-corrected chi connectivity index (χ1v) is 6.95. The summed E-state index contributed by atoms with van der Waals surface area (Å²) in [6, 6.07) is 2.98. The third-order valence-corrected chi connectivity index (χ3v) is 3.72. The molecule has 22 heavy (non-hydrogen) atoms. The average Bonchev–Trinajstić information content (AvgIpc) is 2.46. The van der Waals surface area contributed by atoms with E-state index in [0.29, 0.717) is 25.6 Å². The topological polar surface area (TPSA) is 89.5 Å². The normalized spacial score (nSPS) is 17.7. The standard InChI is InChI=1S/C14H18FN3O3.ClH/c15-12-6-11(7-13(8-12)18(20)21)14(19)17-5-1-2-10(9-17)3-4-16;/h6-8,10H,1-5,9,16H2;1H. The molecular formula is C14H19ClFN3O3. The van der Waals surface area contributed by atoms with Gasteiger partial charge in [-0.25, -0.2) is 4.39 Å². The number of carbonyl (C=O) groups is 1. The summed E-state index contributed by atoms with van der Waals surface area (Å²) in [6.07, 6.45) is 2.73. The summed E-state index contributed by atoms with van der Waals surface area (Å²) in [5.74, 6) is -0.793. The number of halogens is 2. The van der Waals surface area contributed by atoms with E-state index in [-0.39, 0.29) is 23.9 Å². The van der Waals surface area contributed by atoms with E-state index in [9.17, 15) is 19.3 Å². The van der Waals surface area contributed by atoms with Crippen molar-refractivity contribution >= 4 is 24.0 Å². The second kappa shape index (κ2) is 8.05. The minimum absolute atomic E-state index is 0. The van der Waals surface area contributed by atoms with Crippen molar-refractivity contribution in [1.29, 1.82) is 0 Å². The zero-order valence-electron chi connectivity index (χ0n) is 12.0. The fourth-order valence-corrected chi connectivity index (χ4v) is 2.71. The van der Waals surface area contributed by atoms with Crippen LogP contribution in [-0.4, -0.2) is 35.4 Å². The Morgan fingerprint density at radius 2 is 2.18 bits per heavy atom. The molecule has 1 amide bonds. The number of likely N-dealkylation sites (tertiary alicyclic amines) is 1. The number of nitro groups is 1. The first kappa shape index (κ1) is 18.3. The van der Waals surface area contributed by atoms with Crippen molar-refractivity contribution in [3.05, 3.63) is 39.7 Å². The molecule has 1 saturated heterocycles. The van der Waals surface area contributed by atoms with Crippen LogP contribution in [0.4, 0.5) is 10.1 Å². The molecule has 1 unspecified atom stereocenters. The van der Waals surface area contributed by atoms with Crippen molar-refractivity contribution in [3.63, 3.8) is 0 Å². The molecule has 2 N–H and O–H groups in total. The minimum Gasteiger partial charge on any atom is -0.338 e. The van der Waals surface area contributed by atoms with Gasteiger partial charge in [0, 0.05) is 24.7 Å². The molecule has 0 spiro atoms. The lowest BCUT2D eigenvalue weighted by Crippen LogP contribution is -2.40. The van der Waals surface area contributed by atoms with E-state index in [1.165, 1.54) is 0 Å². The van der Waals surface area contributed by atoms with Gasteiger partial charge in [-0.1, -0.05) is 0 Å². The summed E-state index contributed by atoms with van der Waals surface area (Å²) >= 11 is 0. The number of rotatable bonds is 4. The van der Waals surface area contributed by atoms with E-state index >= 15 is 0 Å². The summed E-state index contributed by atoms with van der Waals surface area (Å²) in [5, 5.41) is 10.7. The number of nitrogens with zero attached hydrogens (tertiary/aromatic N) is 2. The maximum absolute atomic E-state index is 13.4. The second-order valence-electron chi connectivity index (χ2n) is 5.29. The van der Waals surface area contributed by atoms with E-state index in [0.717, 1.165) is 37.5 Å². The highest BCUT2D eigenvalue weighted by atomic mass is 35.5. The monoisotopic (exact) mass is 331 g/mol. The number of nitrogens with two attached hydrogens (primary N) is 1. The van der Waals surface area contributed by atoms with Crippen LogP contribution in [0.15, 0.2) is 18.2 Å². The number of piperidine rings is 1. The maximum atomic E-state index is 13.4. The van der Waals surface area contributed by atoms with Crippen LogP contribution in [0, 0.1) is 21.8 Å². The largest absolute Gasteiger partial charge is 0.338 e. The number of hydrogen-bond acceptors (Lipinski definition) is 4. The molecule has 0 saturated carbocycles. The molecule has 0 aromatic heterocycles. The van der Waals surface area contributed by atoms with Gasteiger partial charge in [0.15, 0.2) is 0 Å². The molecule has 1 aliphatic heterocycles. The predicted molar refractivity (Wildman–Crippen MR) is 82.6 cm³/mol. The van der Waals surface area contributed by atoms with Gasteiger partial charge < -0.3 is 10.6 Å². The highest BCUT2D eigenvalue weighted by Gasteiger charge is 2.25. The lowest BCUT2D eigenvalue weighted by atomic mass is 9.94. The van der Waals surface area contributed by atoms with Gasteiger partial charge in [0.05, 0.1) is 11.0 Å².